The molecule has 1 unspecified atom stereocenters. The maximum absolute atomic E-state index is 13.7. The fraction of sp³-hybridized carbons (Fsp3) is 0.385. The molecule has 1 aliphatic heterocycles. The van der Waals surface area contributed by atoms with Gasteiger partial charge in [-0.15, -0.1) is 0 Å². The highest BCUT2D eigenvalue weighted by Crippen LogP contribution is 2.22. The normalized spacial score (nSPS) is 21.3. The van der Waals surface area contributed by atoms with Gasteiger partial charge in [0.1, 0.15) is 11.6 Å². The minimum absolute atomic E-state index is 0.127. The molecule has 0 radical (unpaired) electrons. The number of oxime groups is 1. The van der Waals surface area contributed by atoms with Gasteiger partial charge in [-0.2, -0.15) is 0 Å². The van der Waals surface area contributed by atoms with E-state index in [0.29, 0.717) is 25.2 Å². The molecule has 1 fully saturated rings. The Balaban J connectivity index is 2.23. The summed E-state index contributed by atoms with van der Waals surface area (Å²) < 4.78 is 27.1. The number of hydrogen-bond acceptors (Lipinski definition) is 3. The van der Waals surface area contributed by atoms with Crippen LogP contribution in [0.1, 0.15) is 23.7 Å². The van der Waals surface area contributed by atoms with E-state index in [1.807, 2.05) is 0 Å². The first-order valence-corrected chi connectivity index (χ1v) is 6.46. The SMILES string of the molecule is CC1CN(C(=O)c2cc(F)c(Cl)cc2F)CC/C1=N\O. The van der Waals surface area contributed by atoms with Gasteiger partial charge in [0, 0.05) is 25.4 Å². The van der Waals surface area contributed by atoms with Gasteiger partial charge in [0.2, 0.25) is 0 Å². The van der Waals surface area contributed by atoms with Gasteiger partial charge in [-0.3, -0.25) is 4.79 Å². The molecule has 7 heteroatoms. The van der Waals surface area contributed by atoms with Crippen molar-refractivity contribution in [3.8, 4) is 0 Å². The van der Waals surface area contributed by atoms with Crippen LogP contribution in [0.3, 0.4) is 0 Å². The highest BCUT2D eigenvalue weighted by atomic mass is 35.5. The van der Waals surface area contributed by atoms with Crippen LogP contribution in [0.5, 0.6) is 0 Å². The van der Waals surface area contributed by atoms with Gasteiger partial charge >= 0.3 is 0 Å². The first-order chi connectivity index (χ1) is 9.43. The number of piperidine rings is 1. The van der Waals surface area contributed by atoms with Crippen molar-refractivity contribution in [1.29, 1.82) is 0 Å². The Morgan fingerprint density at radius 2 is 2.15 bits per heavy atom. The summed E-state index contributed by atoms with van der Waals surface area (Å²) in [6.45, 7) is 2.39. The number of nitrogens with zero attached hydrogens (tertiary/aromatic N) is 2. The summed E-state index contributed by atoms with van der Waals surface area (Å²) >= 11 is 5.45. The van der Waals surface area contributed by atoms with E-state index in [2.05, 4.69) is 5.16 Å². The number of carbonyl (C=O) groups excluding carboxylic acids is 1. The number of hydrogen-bond donors (Lipinski definition) is 1. The van der Waals surface area contributed by atoms with E-state index in [4.69, 9.17) is 16.8 Å². The lowest BCUT2D eigenvalue weighted by atomic mass is 9.97. The van der Waals surface area contributed by atoms with Gasteiger partial charge < -0.3 is 10.1 Å². The predicted molar refractivity (Wildman–Crippen MR) is 70.3 cm³/mol. The zero-order valence-corrected chi connectivity index (χ0v) is 11.5. The van der Waals surface area contributed by atoms with Crippen LogP contribution in [0.4, 0.5) is 8.78 Å². The Morgan fingerprint density at radius 3 is 2.75 bits per heavy atom. The van der Waals surface area contributed by atoms with Gasteiger partial charge in [0.15, 0.2) is 0 Å². The Labute approximate surface area is 119 Å². The standard InChI is InChI=1S/C13H13ClF2N2O2/c1-7-6-18(3-2-12(7)17-20)13(19)8-4-11(16)9(14)5-10(8)15/h4-5,7,20H,2-3,6H2,1H3/b17-12+. The minimum Gasteiger partial charge on any atom is -0.411 e. The van der Waals surface area contributed by atoms with Gasteiger partial charge in [0.25, 0.3) is 5.91 Å². The van der Waals surface area contributed by atoms with Gasteiger partial charge in [0.05, 0.1) is 16.3 Å². The van der Waals surface area contributed by atoms with Crippen LogP contribution < -0.4 is 0 Å². The predicted octanol–water partition coefficient (Wildman–Crippen LogP) is 2.93. The molecular formula is C13H13ClF2N2O2. The van der Waals surface area contributed by atoms with Crippen molar-refractivity contribution in [3.05, 3.63) is 34.4 Å². The number of carbonyl (C=O) groups is 1. The molecule has 0 spiro atoms. The van der Waals surface area contributed by atoms with Gasteiger partial charge in [-0.05, 0) is 12.1 Å². The molecule has 108 valence electrons. The first kappa shape index (κ1) is 14.7. The summed E-state index contributed by atoms with van der Waals surface area (Å²) in [5, 5.41) is 11.6. The molecule has 1 heterocycles. The largest absolute Gasteiger partial charge is 0.411 e. The quantitative estimate of drug-likeness (QED) is 0.492. The van der Waals surface area contributed by atoms with Crippen molar-refractivity contribution in [3.63, 3.8) is 0 Å². The maximum atomic E-state index is 13.7. The third kappa shape index (κ3) is 2.75. The van der Waals surface area contributed by atoms with Crippen LogP contribution in [-0.2, 0) is 0 Å². The zero-order valence-electron chi connectivity index (χ0n) is 10.7. The Bertz CT molecular complexity index is 578. The van der Waals surface area contributed by atoms with Crippen molar-refractivity contribution < 1.29 is 18.8 Å². The van der Waals surface area contributed by atoms with Crippen molar-refractivity contribution in [2.45, 2.75) is 13.3 Å². The van der Waals surface area contributed by atoms with Crippen LogP contribution in [0, 0.1) is 17.6 Å². The lowest BCUT2D eigenvalue weighted by Gasteiger charge is -2.31. The fourth-order valence-corrected chi connectivity index (χ4v) is 2.36. The van der Waals surface area contributed by atoms with Crippen LogP contribution in [0.15, 0.2) is 17.3 Å². The number of likely N-dealkylation sites (tertiary alicyclic amines) is 1. The topological polar surface area (TPSA) is 52.9 Å². The van der Waals surface area contributed by atoms with E-state index in [9.17, 15) is 13.6 Å². The number of rotatable bonds is 1. The van der Waals surface area contributed by atoms with Crippen molar-refractivity contribution in [2.24, 2.45) is 11.1 Å². The van der Waals surface area contributed by atoms with E-state index in [0.717, 1.165) is 12.1 Å². The molecule has 0 aromatic heterocycles. The molecule has 0 bridgehead atoms. The number of benzene rings is 1. The van der Waals surface area contributed by atoms with Crippen LogP contribution >= 0.6 is 11.6 Å². The zero-order chi connectivity index (χ0) is 14.9. The first-order valence-electron chi connectivity index (χ1n) is 6.08. The van der Waals surface area contributed by atoms with Crippen LogP contribution in [-0.4, -0.2) is 34.8 Å². The third-order valence-electron chi connectivity index (χ3n) is 3.36. The summed E-state index contributed by atoms with van der Waals surface area (Å²) in [6.07, 6.45) is 0.404. The number of halogens is 3. The Kier molecular flexibility index (Phi) is 4.23. The monoisotopic (exact) mass is 302 g/mol. The van der Waals surface area contributed by atoms with E-state index in [-0.39, 0.29) is 16.5 Å². The fourth-order valence-electron chi connectivity index (χ4n) is 2.21. The molecule has 1 atom stereocenters. The summed E-state index contributed by atoms with van der Waals surface area (Å²) in [5.41, 5.74) is 0.250. The maximum Gasteiger partial charge on any atom is 0.256 e. The minimum atomic E-state index is -0.851. The third-order valence-corrected chi connectivity index (χ3v) is 3.65. The lowest BCUT2D eigenvalue weighted by Crippen LogP contribution is -2.43. The Hall–Kier alpha value is -1.69. The molecule has 1 N–H and O–H groups in total. The molecular weight excluding hydrogens is 290 g/mol. The van der Waals surface area contributed by atoms with E-state index in [1.165, 1.54) is 4.90 Å². The van der Waals surface area contributed by atoms with Crippen molar-refractivity contribution in [2.75, 3.05) is 13.1 Å². The highest BCUT2D eigenvalue weighted by molar-refractivity contribution is 6.30. The molecule has 1 aliphatic rings. The van der Waals surface area contributed by atoms with Gasteiger partial charge in [-0.1, -0.05) is 23.7 Å². The number of amides is 1. The van der Waals surface area contributed by atoms with Crippen molar-refractivity contribution >= 4 is 23.2 Å². The Morgan fingerprint density at radius 1 is 1.45 bits per heavy atom. The molecule has 0 saturated carbocycles. The molecule has 4 nitrogen and oxygen atoms in total. The average Bonchev–Trinajstić information content (AvgIpc) is 2.42. The molecule has 0 aliphatic carbocycles. The summed E-state index contributed by atoms with van der Waals surface area (Å²) in [4.78, 5) is 13.6. The highest BCUT2D eigenvalue weighted by Gasteiger charge is 2.28. The smallest absolute Gasteiger partial charge is 0.256 e. The van der Waals surface area contributed by atoms with Crippen LogP contribution in [0.2, 0.25) is 5.02 Å². The average molecular weight is 303 g/mol. The molecule has 1 amide bonds. The molecule has 1 aromatic carbocycles. The molecule has 20 heavy (non-hydrogen) atoms. The lowest BCUT2D eigenvalue weighted by molar-refractivity contribution is 0.0728. The van der Waals surface area contributed by atoms with Gasteiger partial charge in [-0.25, -0.2) is 8.78 Å². The van der Waals surface area contributed by atoms with E-state index >= 15 is 0 Å². The second-order valence-electron chi connectivity index (χ2n) is 4.74. The summed E-state index contributed by atoms with van der Waals surface area (Å²) in [6, 6.07) is 1.60. The van der Waals surface area contributed by atoms with Crippen molar-refractivity contribution in [1.82, 2.24) is 4.90 Å². The molecule has 1 saturated heterocycles. The van der Waals surface area contributed by atoms with E-state index < -0.39 is 17.5 Å². The molecule has 2 rings (SSSR count). The second-order valence-corrected chi connectivity index (χ2v) is 5.15. The van der Waals surface area contributed by atoms with E-state index in [1.54, 1.807) is 6.92 Å². The molecule has 1 aromatic rings. The summed E-state index contributed by atoms with van der Waals surface area (Å²) in [5.74, 6) is -2.41. The van der Waals surface area contributed by atoms with Crippen LogP contribution in [0.25, 0.3) is 0 Å². The second kappa shape index (κ2) is 5.75. The summed E-state index contributed by atoms with van der Waals surface area (Å²) in [7, 11) is 0.